The van der Waals surface area contributed by atoms with Gasteiger partial charge in [0.25, 0.3) is 0 Å². The third-order valence-electron chi connectivity index (χ3n) is 4.14. The van der Waals surface area contributed by atoms with E-state index in [0.717, 1.165) is 23.8 Å². The minimum Gasteiger partial charge on any atom is -0.508 e. The molecular formula is C15H17NO. The van der Waals surface area contributed by atoms with Gasteiger partial charge in [-0.15, -0.1) is 0 Å². The van der Waals surface area contributed by atoms with Crippen LogP contribution in [0.4, 0.5) is 0 Å². The summed E-state index contributed by atoms with van der Waals surface area (Å²) in [6, 6.07) is 12.0. The molecule has 1 aliphatic rings. The maximum Gasteiger partial charge on any atom is 0.120 e. The number of phenolic OH excluding ortho intramolecular Hbond substituents is 1. The summed E-state index contributed by atoms with van der Waals surface area (Å²) >= 11 is 0. The molecule has 2 nitrogen and oxygen atoms in total. The molecule has 0 aliphatic heterocycles. The Kier molecular flexibility index (Phi) is 2.33. The molecule has 0 unspecified atom stereocenters. The van der Waals surface area contributed by atoms with Crippen LogP contribution in [0.2, 0.25) is 0 Å². The van der Waals surface area contributed by atoms with Crippen molar-refractivity contribution in [2.75, 3.05) is 6.54 Å². The molecule has 88 valence electrons. The van der Waals surface area contributed by atoms with E-state index in [9.17, 15) is 5.11 Å². The lowest BCUT2D eigenvalue weighted by atomic mass is 9.63. The Hall–Kier alpha value is -1.54. The van der Waals surface area contributed by atoms with Crippen LogP contribution in [0, 0.1) is 0 Å². The van der Waals surface area contributed by atoms with Gasteiger partial charge >= 0.3 is 0 Å². The lowest BCUT2D eigenvalue weighted by molar-refractivity contribution is 0.247. The maximum atomic E-state index is 10.2. The van der Waals surface area contributed by atoms with Crippen molar-refractivity contribution >= 4 is 10.8 Å². The lowest BCUT2D eigenvalue weighted by Crippen LogP contribution is -2.41. The van der Waals surface area contributed by atoms with Gasteiger partial charge in [-0.2, -0.15) is 0 Å². The van der Waals surface area contributed by atoms with E-state index >= 15 is 0 Å². The number of hydrogen-bond donors (Lipinski definition) is 2. The summed E-state index contributed by atoms with van der Waals surface area (Å²) in [4.78, 5) is 0. The summed E-state index contributed by atoms with van der Waals surface area (Å²) in [5, 5.41) is 12.5. The molecule has 0 saturated heterocycles. The number of benzene rings is 2. The van der Waals surface area contributed by atoms with E-state index in [0.29, 0.717) is 12.3 Å². The fraction of sp³-hybridized carbons (Fsp3) is 0.333. The molecule has 0 radical (unpaired) electrons. The minimum atomic E-state index is 0.00491. The Balaban J connectivity index is 2.30. The van der Waals surface area contributed by atoms with Gasteiger partial charge in [-0.3, -0.25) is 0 Å². The van der Waals surface area contributed by atoms with E-state index in [2.05, 4.69) is 12.1 Å². The fourth-order valence-corrected chi connectivity index (χ4v) is 2.98. The van der Waals surface area contributed by atoms with Crippen molar-refractivity contribution in [2.45, 2.75) is 24.7 Å². The third kappa shape index (κ3) is 1.44. The van der Waals surface area contributed by atoms with Gasteiger partial charge in [-0.05, 0) is 29.7 Å². The van der Waals surface area contributed by atoms with Crippen LogP contribution in [0.5, 0.6) is 5.75 Å². The first-order valence-electron chi connectivity index (χ1n) is 6.18. The Labute approximate surface area is 101 Å². The molecule has 3 N–H and O–H groups in total. The van der Waals surface area contributed by atoms with Gasteiger partial charge in [0.1, 0.15) is 5.75 Å². The van der Waals surface area contributed by atoms with Crippen molar-refractivity contribution in [1.82, 2.24) is 0 Å². The Morgan fingerprint density at radius 2 is 1.88 bits per heavy atom. The summed E-state index contributed by atoms with van der Waals surface area (Å²) < 4.78 is 0. The first kappa shape index (κ1) is 10.6. The van der Waals surface area contributed by atoms with Crippen LogP contribution < -0.4 is 5.73 Å². The highest BCUT2D eigenvalue weighted by Crippen LogP contribution is 2.48. The van der Waals surface area contributed by atoms with Crippen molar-refractivity contribution in [3.8, 4) is 5.75 Å². The van der Waals surface area contributed by atoms with Crippen LogP contribution in [-0.4, -0.2) is 11.7 Å². The second-order valence-electron chi connectivity index (χ2n) is 5.02. The van der Waals surface area contributed by atoms with Crippen molar-refractivity contribution in [3.63, 3.8) is 0 Å². The zero-order valence-corrected chi connectivity index (χ0v) is 9.82. The molecule has 2 heteroatoms. The average molecular weight is 227 g/mol. The largest absolute Gasteiger partial charge is 0.508 e. The summed E-state index contributed by atoms with van der Waals surface area (Å²) in [6.07, 6.45) is 3.38. The van der Waals surface area contributed by atoms with E-state index in [4.69, 9.17) is 5.73 Å². The van der Waals surface area contributed by atoms with Crippen LogP contribution in [0.25, 0.3) is 10.8 Å². The van der Waals surface area contributed by atoms with Gasteiger partial charge in [-0.1, -0.05) is 36.8 Å². The molecule has 0 aromatic heterocycles. The van der Waals surface area contributed by atoms with Crippen molar-refractivity contribution in [3.05, 3.63) is 42.0 Å². The average Bonchev–Trinajstić information content (AvgIpc) is 2.31. The first-order chi connectivity index (χ1) is 8.27. The molecule has 1 aliphatic carbocycles. The first-order valence-corrected chi connectivity index (χ1v) is 6.18. The molecule has 3 rings (SSSR count). The summed E-state index contributed by atoms with van der Waals surface area (Å²) in [6.45, 7) is 0.620. The molecule has 2 aromatic carbocycles. The quantitative estimate of drug-likeness (QED) is 0.828. The molecule has 0 heterocycles. The molecule has 2 aromatic rings. The van der Waals surface area contributed by atoms with E-state index in [-0.39, 0.29) is 5.41 Å². The zero-order valence-electron chi connectivity index (χ0n) is 9.82. The van der Waals surface area contributed by atoms with Crippen LogP contribution >= 0.6 is 0 Å². The molecule has 0 atom stereocenters. The highest BCUT2D eigenvalue weighted by atomic mass is 16.3. The number of fused-ring (bicyclic) bond motifs is 1. The van der Waals surface area contributed by atoms with Crippen LogP contribution in [0.15, 0.2) is 36.4 Å². The number of hydrogen-bond acceptors (Lipinski definition) is 2. The second-order valence-corrected chi connectivity index (χ2v) is 5.02. The highest BCUT2D eigenvalue weighted by Gasteiger charge is 2.40. The van der Waals surface area contributed by atoms with Crippen LogP contribution in [-0.2, 0) is 5.41 Å². The van der Waals surface area contributed by atoms with Gasteiger partial charge in [-0.25, -0.2) is 0 Å². The van der Waals surface area contributed by atoms with E-state index in [1.807, 2.05) is 18.2 Å². The van der Waals surface area contributed by atoms with Gasteiger partial charge in [0, 0.05) is 17.5 Å². The molecular weight excluding hydrogens is 210 g/mol. The lowest BCUT2D eigenvalue weighted by Gasteiger charge is -2.42. The van der Waals surface area contributed by atoms with E-state index < -0.39 is 0 Å². The summed E-state index contributed by atoms with van der Waals surface area (Å²) in [5.74, 6) is 0.397. The van der Waals surface area contributed by atoms with Crippen molar-refractivity contribution < 1.29 is 5.11 Å². The number of rotatable bonds is 2. The fourth-order valence-electron chi connectivity index (χ4n) is 2.98. The number of phenols is 1. The minimum absolute atomic E-state index is 0.00491. The summed E-state index contributed by atoms with van der Waals surface area (Å²) in [7, 11) is 0. The molecule has 0 spiro atoms. The van der Waals surface area contributed by atoms with Crippen molar-refractivity contribution in [2.24, 2.45) is 5.73 Å². The second kappa shape index (κ2) is 3.74. The van der Waals surface area contributed by atoms with Gasteiger partial charge < -0.3 is 10.8 Å². The van der Waals surface area contributed by atoms with Gasteiger partial charge in [0.2, 0.25) is 0 Å². The predicted molar refractivity (Wildman–Crippen MR) is 70.2 cm³/mol. The van der Waals surface area contributed by atoms with Crippen LogP contribution in [0.3, 0.4) is 0 Å². The Bertz CT molecular complexity index is 552. The monoisotopic (exact) mass is 227 g/mol. The predicted octanol–water partition coefficient (Wildman–Crippen LogP) is 2.93. The summed E-state index contributed by atoms with van der Waals surface area (Å²) in [5.41, 5.74) is 7.01. The van der Waals surface area contributed by atoms with Crippen LogP contribution in [0.1, 0.15) is 24.8 Å². The maximum absolute atomic E-state index is 10.2. The Morgan fingerprint density at radius 1 is 1.12 bits per heavy atom. The van der Waals surface area contributed by atoms with E-state index in [1.165, 1.54) is 11.8 Å². The smallest absolute Gasteiger partial charge is 0.120 e. The number of aromatic hydroxyl groups is 1. The Morgan fingerprint density at radius 3 is 2.53 bits per heavy atom. The molecule has 0 amide bonds. The molecule has 0 bridgehead atoms. The standard InChI is InChI=1S/C15H17NO/c16-10-15(8-3-9-15)14-12-5-2-1-4-11(12)6-7-13(14)17/h1-2,4-7,17H,3,8-10,16H2. The van der Waals surface area contributed by atoms with Gasteiger partial charge in [0.15, 0.2) is 0 Å². The zero-order chi connectivity index (χ0) is 11.9. The van der Waals surface area contributed by atoms with E-state index in [1.54, 1.807) is 6.07 Å². The molecule has 1 saturated carbocycles. The van der Waals surface area contributed by atoms with Crippen molar-refractivity contribution in [1.29, 1.82) is 0 Å². The normalized spacial score (nSPS) is 17.9. The highest BCUT2D eigenvalue weighted by molar-refractivity contribution is 5.89. The molecule has 1 fully saturated rings. The number of nitrogens with two attached hydrogens (primary N) is 1. The SMILES string of the molecule is NCC1(c2c(O)ccc3ccccc23)CCC1. The molecule has 17 heavy (non-hydrogen) atoms. The third-order valence-corrected chi connectivity index (χ3v) is 4.14. The topological polar surface area (TPSA) is 46.2 Å². The van der Waals surface area contributed by atoms with Gasteiger partial charge in [0.05, 0.1) is 0 Å².